The van der Waals surface area contributed by atoms with Crippen molar-refractivity contribution in [3.63, 3.8) is 0 Å². The Kier molecular flexibility index (Phi) is 3.19. The number of oxazole rings is 1. The summed E-state index contributed by atoms with van der Waals surface area (Å²) in [6.07, 6.45) is 0.841. The van der Waals surface area contributed by atoms with E-state index in [2.05, 4.69) is 14.9 Å². The van der Waals surface area contributed by atoms with Crippen molar-refractivity contribution in [2.24, 2.45) is 0 Å². The molecular formula is C17H16ClN3O. The average Bonchev–Trinajstić information content (AvgIpc) is 3.12. The molecule has 0 aliphatic carbocycles. The summed E-state index contributed by atoms with van der Waals surface area (Å²) in [4.78, 5) is 10.2. The van der Waals surface area contributed by atoms with Gasteiger partial charge in [-0.3, -0.25) is 0 Å². The number of anilines is 1. The Hall–Kier alpha value is -2.20. The van der Waals surface area contributed by atoms with Crippen molar-refractivity contribution in [2.75, 3.05) is 11.4 Å². The van der Waals surface area contributed by atoms with Crippen LogP contribution in [0.25, 0.3) is 11.6 Å². The molecule has 1 aliphatic heterocycles. The number of hydrogen-bond donors (Lipinski definition) is 1. The molecule has 1 aromatic carbocycles. The van der Waals surface area contributed by atoms with Gasteiger partial charge in [-0.25, -0.2) is 4.98 Å². The third kappa shape index (κ3) is 2.29. The molecule has 4 rings (SSSR count). The minimum atomic E-state index is 0.666. The Morgan fingerprint density at radius 3 is 2.86 bits per heavy atom. The van der Waals surface area contributed by atoms with Crippen LogP contribution in [0.4, 0.5) is 5.69 Å². The predicted molar refractivity (Wildman–Crippen MR) is 87.2 cm³/mol. The van der Waals surface area contributed by atoms with Gasteiger partial charge in [-0.05, 0) is 31.2 Å². The van der Waals surface area contributed by atoms with E-state index in [1.54, 1.807) is 0 Å². The first kappa shape index (κ1) is 13.5. The second-order valence-corrected chi connectivity index (χ2v) is 5.97. The standard InChI is InChI=1S/C17H16ClN3O/c1-11-6-7-13(19-11)17-20-14-10-21(9-8-16(14)22-17)15-5-3-2-4-12(15)18/h2-7,19H,8-10H2,1H3. The molecule has 1 aliphatic rings. The van der Waals surface area contributed by atoms with Crippen LogP contribution >= 0.6 is 11.6 Å². The number of aryl methyl sites for hydroxylation is 1. The molecule has 1 N–H and O–H groups in total. The van der Waals surface area contributed by atoms with E-state index in [0.717, 1.165) is 53.1 Å². The highest BCUT2D eigenvalue weighted by Crippen LogP contribution is 2.31. The molecule has 112 valence electrons. The smallest absolute Gasteiger partial charge is 0.243 e. The van der Waals surface area contributed by atoms with E-state index in [1.807, 2.05) is 43.3 Å². The van der Waals surface area contributed by atoms with Gasteiger partial charge in [-0.1, -0.05) is 23.7 Å². The van der Waals surface area contributed by atoms with Gasteiger partial charge in [0, 0.05) is 18.7 Å². The minimum absolute atomic E-state index is 0.666. The van der Waals surface area contributed by atoms with Crippen LogP contribution in [0.3, 0.4) is 0 Å². The zero-order valence-corrected chi connectivity index (χ0v) is 13.0. The van der Waals surface area contributed by atoms with Crippen molar-refractivity contribution in [1.82, 2.24) is 9.97 Å². The number of aromatic amines is 1. The van der Waals surface area contributed by atoms with Crippen LogP contribution in [-0.2, 0) is 13.0 Å². The maximum atomic E-state index is 6.30. The number of aromatic nitrogens is 2. The fraction of sp³-hybridized carbons (Fsp3) is 0.235. The zero-order valence-electron chi connectivity index (χ0n) is 12.3. The van der Waals surface area contributed by atoms with E-state index < -0.39 is 0 Å². The lowest BCUT2D eigenvalue weighted by Crippen LogP contribution is -2.30. The highest BCUT2D eigenvalue weighted by molar-refractivity contribution is 6.33. The normalized spacial score (nSPS) is 14.2. The van der Waals surface area contributed by atoms with Crippen LogP contribution in [0.5, 0.6) is 0 Å². The van der Waals surface area contributed by atoms with Crippen LogP contribution in [0.15, 0.2) is 40.8 Å². The molecule has 4 nitrogen and oxygen atoms in total. The van der Waals surface area contributed by atoms with Crippen molar-refractivity contribution in [3.8, 4) is 11.6 Å². The van der Waals surface area contributed by atoms with Crippen molar-refractivity contribution < 1.29 is 4.42 Å². The van der Waals surface area contributed by atoms with Crippen LogP contribution < -0.4 is 4.90 Å². The van der Waals surface area contributed by atoms with Gasteiger partial charge in [-0.15, -0.1) is 0 Å². The van der Waals surface area contributed by atoms with Gasteiger partial charge in [0.25, 0.3) is 0 Å². The first-order valence-corrected chi connectivity index (χ1v) is 7.72. The van der Waals surface area contributed by atoms with Gasteiger partial charge < -0.3 is 14.3 Å². The first-order valence-electron chi connectivity index (χ1n) is 7.35. The SMILES string of the molecule is Cc1ccc(-c2nc3c(o2)CCN(c2ccccc2Cl)C3)[nH]1. The van der Waals surface area contributed by atoms with Crippen LogP contribution in [0, 0.1) is 6.92 Å². The third-order valence-corrected chi connectivity index (χ3v) is 4.30. The van der Waals surface area contributed by atoms with Gasteiger partial charge in [0.1, 0.15) is 17.1 Å². The summed E-state index contributed by atoms with van der Waals surface area (Å²) in [6.45, 7) is 3.63. The average molecular weight is 314 g/mol. The Bertz CT molecular complexity index is 821. The molecule has 2 aromatic heterocycles. The number of fused-ring (bicyclic) bond motifs is 1. The van der Waals surface area contributed by atoms with Crippen LogP contribution in [0.1, 0.15) is 17.1 Å². The molecule has 0 fully saturated rings. The molecule has 0 amide bonds. The Morgan fingerprint density at radius 1 is 1.23 bits per heavy atom. The number of nitrogens with zero attached hydrogens (tertiary/aromatic N) is 2. The summed E-state index contributed by atoms with van der Waals surface area (Å²) in [5.41, 5.74) is 4.07. The fourth-order valence-electron chi connectivity index (χ4n) is 2.86. The summed E-state index contributed by atoms with van der Waals surface area (Å²) >= 11 is 6.30. The molecule has 22 heavy (non-hydrogen) atoms. The third-order valence-electron chi connectivity index (χ3n) is 3.98. The lowest BCUT2D eigenvalue weighted by molar-refractivity contribution is 0.498. The minimum Gasteiger partial charge on any atom is -0.440 e. The summed E-state index contributed by atoms with van der Waals surface area (Å²) in [6, 6.07) is 11.9. The summed E-state index contributed by atoms with van der Waals surface area (Å²) in [7, 11) is 0. The second kappa shape index (κ2) is 5.21. The van der Waals surface area contributed by atoms with Crippen molar-refractivity contribution >= 4 is 17.3 Å². The predicted octanol–water partition coefficient (Wildman–Crippen LogP) is 4.19. The Balaban J connectivity index is 1.64. The van der Waals surface area contributed by atoms with Crippen molar-refractivity contribution in [1.29, 1.82) is 0 Å². The van der Waals surface area contributed by atoms with Gasteiger partial charge in [0.2, 0.25) is 5.89 Å². The lowest BCUT2D eigenvalue weighted by atomic mass is 10.1. The number of hydrogen-bond acceptors (Lipinski definition) is 3. The second-order valence-electron chi connectivity index (χ2n) is 5.57. The molecule has 0 unspecified atom stereocenters. The van der Waals surface area contributed by atoms with E-state index in [1.165, 1.54) is 0 Å². The Morgan fingerprint density at radius 2 is 2.09 bits per heavy atom. The van der Waals surface area contributed by atoms with E-state index in [4.69, 9.17) is 16.0 Å². The molecular weight excluding hydrogens is 298 g/mol. The maximum absolute atomic E-state index is 6.30. The monoisotopic (exact) mass is 313 g/mol. The number of para-hydroxylation sites is 1. The number of benzene rings is 1. The quantitative estimate of drug-likeness (QED) is 0.771. The molecule has 3 heterocycles. The number of rotatable bonds is 2. The molecule has 0 atom stereocenters. The molecule has 0 saturated heterocycles. The first-order chi connectivity index (χ1) is 10.7. The highest BCUT2D eigenvalue weighted by Gasteiger charge is 2.24. The topological polar surface area (TPSA) is 45.1 Å². The van der Waals surface area contributed by atoms with Crippen molar-refractivity contribution in [2.45, 2.75) is 19.9 Å². The van der Waals surface area contributed by atoms with Crippen LogP contribution in [0.2, 0.25) is 5.02 Å². The number of nitrogens with one attached hydrogen (secondary N) is 1. The van der Waals surface area contributed by atoms with E-state index in [-0.39, 0.29) is 0 Å². The van der Waals surface area contributed by atoms with Gasteiger partial charge in [0.05, 0.1) is 17.3 Å². The van der Waals surface area contributed by atoms with Gasteiger partial charge >= 0.3 is 0 Å². The van der Waals surface area contributed by atoms with Gasteiger partial charge in [0.15, 0.2) is 0 Å². The molecule has 3 aromatic rings. The summed E-state index contributed by atoms with van der Waals surface area (Å²) in [5, 5.41) is 0.773. The fourth-order valence-corrected chi connectivity index (χ4v) is 3.11. The largest absolute Gasteiger partial charge is 0.440 e. The highest BCUT2D eigenvalue weighted by atomic mass is 35.5. The van der Waals surface area contributed by atoms with Crippen molar-refractivity contribution in [3.05, 3.63) is 58.6 Å². The lowest BCUT2D eigenvalue weighted by Gasteiger charge is -2.28. The maximum Gasteiger partial charge on any atom is 0.243 e. The van der Waals surface area contributed by atoms with Gasteiger partial charge in [-0.2, -0.15) is 0 Å². The molecule has 0 radical (unpaired) electrons. The van der Waals surface area contributed by atoms with E-state index in [0.29, 0.717) is 5.89 Å². The van der Waals surface area contributed by atoms with E-state index >= 15 is 0 Å². The summed E-state index contributed by atoms with van der Waals surface area (Å²) in [5.74, 6) is 1.64. The molecule has 5 heteroatoms. The Labute approximate surface area is 133 Å². The van der Waals surface area contributed by atoms with E-state index in [9.17, 15) is 0 Å². The number of halogens is 1. The zero-order chi connectivity index (χ0) is 15.1. The molecule has 0 bridgehead atoms. The molecule has 0 saturated carbocycles. The number of H-pyrrole nitrogens is 1. The van der Waals surface area contributed by atoms with Crippen LogP contribution in [-0.4, -0.2) is 16.5 Å². The molecule has 0 spiro atoms. The summed E-state index contributed by atoms with van der Waals surface area (Å²) < 4.78 is 5.92.